The molecule has 0 atom stereocenters. The Morgan fingerprint density at radius 2 is 2.12 bits per heavy atom. The van der Waals surface area contributed by atoms with Crippen LogP contribution in [0.25, 0.3) is 0 Å². The lowest BCUT2D eigenvalue weighted by Gasteiger charge is -2.27. The van der Waals surface area contributed by atoms with Crippen LogP contribution in [0.5, 0.6) is 0 Å². The molecule has 0 amide bonds. The first-order valence-electron chi connectivity index (χ1n) is 5.38. The maximum Gasteiger partial charge on any atom is 0.0992 e. The minimum absolute atomic E-state index is 0.614. The van der Waals surface area contributed by atoms with Crippen LogP contribution in [-0.4, -0.2) is 31.2 Å². The van der Waals surface area contributed by atoms with Crippen molar-refractivity contribution in [2.45, 2.75) is 6.54 Å². The lowest BCUT2D eigenvalue weighted by atomic mass is 10.1. The van der Waals surface area contributed by atoms with Gasteiger partial charge in [0.05, 0.1) is 24.8 Å². The predicted molar refractivity (Wildman–Crippen MR) is 61.7 cm³/mol. The standard InChI is InChI=1S/C12H15N3O/c13-8-10-1-2-11(12(14)7-10)9-15-3-5-16-6-4-15/h1-2,7H,3-6,9,14H2. The molecular weight excluding hydrogens is 202 g/mol. The Morgan fingerprint density at radius 3 is 2.75 bits per heavy atom. The zero-order chi connectivity index (χ0) is 11.4. The largest absolute Gasteiger partial charge is 0.398 e. The molecule has 4 heteroatoms. The van der Waals surface area contributed by atoms with Crippen molar-refractivity contribution in [1.82, 2.24) is 4.90 Å². The molecule has 84 valence electrons. The Morgan fingerprint density at radius 1 is 1.38 bits per heavy atom. The molecule has 1 aliphatic rings. The van der Waals surface area contributed by atoms with E-state index in [2.05, 4.69) is 11.0 Å². The van der Waals surface area contributed by atoms with Crippen LogP contribution in [0.3, 0.4) is 0 Å². The van der Waals surface area contributed by atoms with E-state index in [-0.39, 0.29) is 0 Å². The number of morpholine rings is 1. The first kappa shape index (κ1) is 10.9. The van der Waals surface area contributed by atoms with Gasteiger partial charge in [-0.25, -0.2) is 0 Å². The van der Waals surface area contributed by atoms with Gasteiger partial charge in [-0.3, -0.25) is 4.90 Å². The predicted octanol–water partition coefficient (Wildman–Crippen LogP) is 0.973. The van der Waals surface area contributed by atoms with Crippen LogP contribution in [0.4, 0.5) is 5.69 Å². The van der Waals surface area contributed by atoms with Crippen LogP contribution in [0.1, 0.15) is 11.1 Å². The maximum atomic E-state index is 8.74. The normalized spacial score (nSPS) is 16.9. The van der Waals surface area contributed by atoms with Gasteiger partial charge >= 0.3 is 0 Å². The smallest absolute Gasteiger partial charge is 0.0992 e. The van der Waals surface area contributed by atoms with E-state index in [4.69, 9.17) is 15.7 Å². The summed E-state index contributed by atoms with van der Waals surface area (Å²) >= 11 is 0. The van der Waals surface area contributed by atoms with Crippen LogP contribution in [-0.2, 0) is 11.3 Å². The molecule has 1 aliphatic heterocycles. The highest BCUT2D eigenvalue weighted by atomic mass is 16.5. The van der Waals surface area contributed by atoms with E-state index in [0.717, 1.165) is 38.4 Å². The molecule has 16 heavy (non-hydrogen) atoms. The number of nitriles is 1. The van der Waals surface area contributed by atoms with Gasteiger partial charge in [0, 0.05) is 25.3 Å². The zero-order valence-corrected chi connectivity index (χ0v) is 9.15. The van der Waals surface area contributed by atoms with Crippen molar-refractivity contribution in [3.63, 3.8) is 0 Å². The van der Waals surface area contributed by atoms with E-state index in [9.17, 15) is 0 Å². The quantitative estimate of drug-likeness (QED) is 0.750. The molecule has 1 aromatic carbocycles. The second-order valence-electron chi connectivity index (χ2n) is 3.91. The summed E-state index contributed by atoms with van der Waals surface area (Å²) in [7, 11) is 0. The Kier molecular flexibility index (Phi) is 3.40. The fourth-order valence-corrected chi connectivity index (χ4v) is 1.81. The van der Waals surface area contributed by atoms with Crippen LogP contribution >= 0.6 is 0 Å². The molecule has 0 aliphatic carbocycles. The van der Waals surface area contributed by atoms with Crippen LogP contribution < -0.4 is 5.73 Å². The number of rotatable bonds is 2. The van der Waals surface area contributed by atoms with Crippen molar-refractivity contribution >= 4 is 5.69 Å². The van der Waals surface area contributed by atoms with E-state index < -0.39 is 0 Å². The van der Waals surface area contributed by atoms with Crippen molar-refractivity contribution in [3.05, 3.63) is 29.3 Å². The molecule has 2 rings (SSSR count). The summed E-state index contributed by atoms with van der Waals surface area (Å²) in [5.74, 6) is 0. The van der Waals surface area contributed by atoms with Gasteiger partial charge in [0.2, 0.25) is 0 Å². The van der Waals surface area contributed by atoms with Crippen molar-refractivity contribution in [1.29, 1.82) is 5.26 Å². The molecule has 0 bridgehead atoms. The van der Waals surface area contributed by atoms with Gasteiger partial charge in [-0.1, -0.05) is 6.07 Å². The Bertz CT molecular complexity index is 405. The zero-order valence-electron chi connectivity index (χ0n) is 9.15. The molecule has 0 saturated carbocycles. The molecule has 1 heterocycles. The Labute approximate surface area is 95.2 Å². The highest BCUT2D eigenvalue weighted by molar-refractivity contribution is 5.52. The topological polar surface area (TPSA) is 62.3 Å². The van der Waals surface area contributed by atoms with E-state index >= 15 is 0 Å². The second kappa shape index (κ2) is 4.97. The lowest BCUT2D eigenvalue weighted by Crippen LogP contribution is -2.35. The van der Waals surface area contributed by atoms with E-state index in [0.29, 0.717) is 11.3 Å². The summed E-state index contributed by atoms with van der Waals surface area (Å²) in [4.78, 5) is 2.31. The summed E-state index contributed by atoms with van der Waals surface area (Å²) in [6, 6.07) is 7.56. The van der Waals surface area contributed by atoms with Gasteiger partial charge in [-0.2, -0.15) is 5.26 Å². The third-order valence-corrected chi connectivity index (χ3v) is 2.77. The highest BCUT2D eigenvalue weighted by Gasteiger charge is 2.12. The van der Waals surface area contributed by atoms with Crippen LogP contribution in [0, 0.1) is 11.3 Å². The maximum absolute atomic E-state index is 8.74. The number of nitrogens with two attached hydrogens (primary N) is 1. The van der Waals surface area contributed by atoms with Crippen molar-refractivity contribution < 1.29 is 4.74 Å². The van der Waals surface area contributed by atoms with Gasteiger partial charge < -0.3 is 10.5 Å². The Balaban J connectivity index is 2.06. The van der Waals surface area contributed by atoms with Crippen LogP contribution in [0.2, 0.25) is 0 Å². The first-order chi connectivity index (χ1) is 7.79. The van der Waals surface area contributed by atoms with E-state index in [1.165, 1.54) is 0 Å². The van der Waals surface area contributed by atoms with Gasteiger partial charge in [0.15, 0.2) is 0 Å². The summed E-state index contributed by atoms with van der Waals surface area (Å²) < 4.78 is 5.29. The average Bonchev–Trinajstić information content (AvgIpc) is 2.33. The van der Waals surface area contributed by atoms with Crippen LogP contribution in [0.15, 0.2) is 18.2 Å². The number of benzene rings is 1. The number of hydrogen-bond donors (Lipinski definition) is 1. The SMILES string of the molecule is N#Cc1ccc(CN2CCOCC2)c(N)c1. The second-order valence-corrected chi connectivity index (χ2v) is 3.91. The number of hydrogen-bond acceptors (Lipinski definition) is 4. The Hall–Kier alpha value is -1.57. The van der Waals surface area contributed by atoms with Gasteiger partial charge in [0.25, 0.3) is 0 Å². The number of ether oxygens (including phenoxy) is 1. The van der Waals surface area contributed by atoms with Crippen molar-refractivity contribution in [2.75, 3.05) is 32.0 Å². The fourth-order valence-electron chi connectivity index (χ4n) is 1.81. The van der Waals surface area contributed by atoms with Gasteiger partial charge in [-0.05, 0) is 17.7 Å². The molecule has 0 radical (unpaired) electrons. The summed E-state index contributed by atoms with van der Waals surface area (Å²) in [5, 5.41) is 8.74. The molecule has 1 aromatic rings. The lowest BCUT2D eigenvalue weighted by molar-refractivity contribution is 0.0343. The highest BCUT2D eigenvalue weighted by Crippen LogP contribution is 2.16. The average molecular weight is 217 g/mol. The first-order valence-corrected chi connectivity index (χ1v) is 5.38. The third-order valence-electron chi connectivity index (χ3n) is 2.77. The monoisotopic (exact) mass is 217 g/mol. The number of anilines is 1. The van der Waals surface area contributed by atoms with Gasteiger partial charge in [0.1, 0.15) is 0 Å². The number of nitrogen functional groups attached to an aromatic ring is 1. The molecule has 0 unspecified atom stereocenters. The molecule has 4 nitrogen and oxygen atoms in total. The summed E-state index contributed by atoms with van der Waals surface area (Å²) in [6.07, 6.45) is 0. The minimum Gasteiger partial charge on any atom is -0.398 e. The molecule has 2 N–H and O–H groups in total. The fraction of sp³-hybridized carbons (Fsp3) is 0.417. The molecule has 1 saturated heterocycles. The molecular formula is C12H15N3O. The minimum atomic E-state index is 0.614. The van der Waals surface area contributed by atoms with Crippen molar-refractivity contribution in [2.24, 2.45) is 0 Å². The number of nitrogens with zero attached hydrogens (tertiary/aromatic N) is 2. The van der Waals surface area contributed by atoms with E-state index in [1.54, 1.807) is 6.07 Å². The molecule has 0 aromatic heterocycles. The molecule has 0 spiro atoms. The summed E-state index contributed by atoms with van der Waals surface area (Å²) in [6.45, 7) is 4.30. The summed E-state index contributed by atoms with van der Waals surface area (Å²) in [5.41, 5.74) is 8.30. The molecule has 1 fully saturated rings. The van der Waals surface area contributed by atoms with Crippen molar-refractivity contribution in [3.8, 4) is 6.07 Å². The third kappa shape index (κ3) is 2.51. The van der Waals surface area contributed by atoms with E-state index in [1.807, 2.05) is 12.1 Å². The van der Waals surface area contributed by atoms with Gasteiger partial charge in [-0.15, -0.1) is 0 Å².